The smallest absolute Gasteiger partial charge is 0.318 e. The van der Waals surface area contributed by atoms with Crippen molar-refractivity contribution in [2.75, 3.05) is 31.1 Å². The summed E-state index contributed by atoms with van der Waals surface area (Å²) in [5, 5.41) is 3.19. The molecule has 2 aromatic rings. The van der Waals surface area contributed by atoms with Crippen molar-refractivity contribution in [1.82, 2.24) is 10.2 Å². The number of anilines is 1. The molecule has 1 aromatic carbocycles. The van der Waals surface area contributed by atoms with Crippen LogP contribution in [0.5, 0.6) is 0 Å². The number of pyridine rings is 1. The molecule has 0 bridgehead atoms. The summed E-state index contributed by atoms with van der Waals surface area (Å²) < 4.78 is 0. The molecular weight excluding hydrogens is 336 g/mol. The molecule has 5 heteroatoms. The van der Waals surface area contributed by atoms with Gasteiger partial charge in [-0.25, -0.2) is 9.78 Å². The minimum atomic E-state index is -0.452. The SMILES string of the molecule is C=C(C)c1cccc(C(C)(C)NC(=O)N2CCN(c3cccc[nH+]3)CC2)c1. The lowest BCUT2D eigenvalue weighted by Crippen LogP contribution is -2.55. The molecule has 3 rings (SSSR count). The molecule has 1 aromatic heterocycles. The topological polar surface area (TPSA) is 49.7 Å². The van der Waals surface area contributed by atoms with Crippen molar-refractivity contribution in [3.8, 4) is 0 Å². The zero-order valence-corrected chi connectivity index (χ0v) is 16.5. The van der Waals surface area contributed by atoms with E-state index < -0.39 is 5.54 Å². The third-order valence-corrected chi connectivity index (χ3v) is 5.10. The number of nitrogens with zero attached hydrogens (tertiary/aromatic N) is 2. The molecule has 0 unspecified atom stereocenters. The summed E-state index contributed by atoms with van der Waals surface area (Å²) in [7, 11) is 0. The van der Waals surface area contributed by atoms with Gasteiger partial charge in [0.15, 0.2) is 0 Å². The maximum Gasteiger partial charge on any atom is 0.318 e. The van der Waals surface area contributed by atoms with E-state index in [1.807, 2.05) is 56.1 Å². The van der Waals surface area contributed by atoms with Gasteiger partial charge in [-0.05, 0) is 44.0 Å². The molecule has 1 saturated heterocycles. The highest BCUT2D eigenvalue weighted by molar-refractivity contribution is 5.75. The molecular formula is C22H29N4O+. The summed E-state index contributed by atoms with van der Waals surface area (Å²) in [6, 6.07) is 14.3. The van der Waals surface area contributed by atoms with Gasteiger partial charge in [-0.15, -0.1) is 0 Å². The Morgan fingerprint density at radius 3 is 2.48 bits per heavy atom. The number of H-pyrrole nitrogens is 1. The molecule has 142 valence electrons. The second kappa shape index (κ2) is 7.82. The van der Waals surface area contributed by atoms with Crippen molar-refractivity contribution in [3.05, 3.63) is 66.4 Å². The van der Waals surface area contributed by atoms with Gasteiger partial charge in [0.1, 0.15) is 13.1 Å². The standard InChI is InChI=1S/C22H28N4O/c1-17(2)18-8-7-9-19(16-18)22(3,4)24-21(27)26-14-12-25(13-15-26)20-10-5-6-11-23-20/h5-11,16H,1,12-15H2,2-4H3,(H,24,27)/p+1. The van der Waals surface area contributed by atoms with Crippen molar-refractivity contribution < 1.29 is 9.78 Å². The second-order valence-corrected chi connectivity index (χ2v) is 7.64. The summed E-state index contributed by atoms with van der Waals surface area (Å²) in [5.74, 6) is 1.09. The van der Waals surface area contributed by atoms with Gasteiger partial charge in [0, 0.05) is 6.07 Å². The Morgan fingerprint density at radius 1 is 1.11 bits per heavy atom. The van der Waals surface area contributed by atoms with Crippen molar-refractivity contribution in [3.63, 3.8) is 0 Å². The van der Waals surface area contributed by atoms with Crippen LogP contribution in [-0.4, -0.2) is 37.1 Å². The molecule has 2 heterocycles. The highest BCUT2D eigenvalue weighted by Gasteiger charge is 2.30. The van der Waals surface area contributed by atoms with Crippen LogP contribution in [0.1, 0.15) is 31.9 Å². The molecule has 1 aliphatic rings. The Morgan fingerprint density at radius 2 is 1.85 bits per heavy atom. The lowest BCUT2D eigenvalue weighted by Gasteiger charge is -2.35. The first kappa shape index (κ1) is 19.0. The number of hydrogen-bond acceptors (Lipinski definition) is 2. The molecule has 0 spiro atoms. The predicted molar refractivity (Wildman–Crippen MR) is 109 cm³/mol. The number of piperazine rings is 1. The van der Waals surface area contributed by atoms with Crippen LogP contribution < -0.4 is 15.2 Å². The minimum absolute atomic E-state index is 0.0163. The highest BCUT2D eigenvalue weighted by atomic mass is 16.2. The Labute approximate surface area is 161 Å². The quantitative estimate of drug-likeness (QED) is 0.904. The van der Waals surface area contributed by atoms with Crippen LogP contribution in [0.15, 0.2) is 55.2 Å². The lowest BCUT2D eigenvalue weighted by atomic mass is 9.92. The Balaban J connectivity index is 1.62. The van der Waals surface area contributed by atoms with E-state index in [0.29, 0.717) is 13.1 Å². The number of carbonyl (C=O) groups excluding carboxylic acids is 1. The molecule has 5 nitrogen and oxygen atoms in total. The number of carbonyl (C=O) groups is 1. The zero-order valence-electron chi connectivity index (χ0n) is 16.5. The third kappa shape index (κ3) is 4.48. The van der Waals surface area contributed by atoms with Crippen molar-refractivity contribution in [2.24, 2.45) is 0 Å². The minimum Gasteiger partial charge on any atom is -0.329 e. The first-order valence-corrected chi connectivity index (χ1v) is 9.42. The van der Waals surface area contributed by atoms with Gasteiger partial charge >= 0.3 is 6.03 Å². The molecule has 0 saturated carbocycles. The lowest BCUT2D eigenvalue weighted by molar-refractivity contribution is -0.364. The van der Waals surface area contributed by atoms with Gasteiger partial charge in [0.2, 0.25) is 0 Å². The summed E-state index contributed by atoms with van der Waals surface area (Å²) in [5.41, 5.74) is 2.75. The van der Waals surface area contributed by atoms with E-state index in [4.69, 9.17) is 0 Å². The number of nitrogens with one attached hydrogen (secondary N) is 2. The molecule has 2 amide bonds. The number of allylic oxidation sites excluding steroid dienone is 1. The summed E-state index contributed by atoms with van der Waals surface area (Å²) >= 11 is 0. The van der Waals surface area contributed by atoms with E-state index in [0.717, 1.165) is 35.6 Å². The first-order valence-electron chi connectivity index (χ1n) is 9.42. The van der Waals surface area contributed by atoms with E-state index in [1.54, 1.807) is 0 Å². The number of hydrogen-bond donors (Lipinski definition) is 1. The number of aromatic amines is 1. The summed E-state index contributed by atoms with van der Waals surface area (Å²) in [4.78, 5) is 20.2. The average Bonchev–Trinajstić information content (AvgIpc) is 2.68. The van der Waals surface area contributed by atoms with Gasteiger partial charge in [-0.1, -0.05) is 36.4 Å². The van der Waals surface area contributed by atoms with Crippen molar-refractivity contribution >= 4 is 17.4 Å². The molecule has 2 N–H and O–H groups in total. The average molecular weight is 366 g/mol. The van der Waals surface area contributed by atoms with Crippen LogP contribution in [0.25, 0.3) is 5.57 Å². The number of aromatic nitrogens is 1. The molecule has 0 aliphatic carbocycles. The van der Waals surface area contributed by atoms with E-state index in [2.05, 4.69) is 40.0 Å². The maximum atomic E-state index is 12.8. The predicted octanol–water partition coefficient (Wildman–Crippen LogP) is 3.30. The van der Waals surface area contributed by atoms with E-state index in [1.165, 1.54) is 0 Å². The van der Waals surface area contributed by atoms with Crippen LogP contribution in [0.2, 0.25) is 0 Å². The van der Waals surface area contributed by atoms with Crippen LogP contribution in [0.3, 0.4) is 0 Å². The number of rotatable bonds is 4. The van der Waals surface area contributed by atoms with Gasteiger partial charge in [-0.3, -0.25) is 4.90 Å². The molecule has 27 heavy (non-hydrogen) atoms. The van der Waals surface area contributed by atoms with Gasteiger partial charge in [0.05, 0.1) is 24.8 Å². The van der Waals surface area contributed by atoms with Crippen LogP contribution in [0.4, 0.5) is 10.6 Å². The fraction of sp³-hybridized carbons (Fsp3) is 0.364. The molecule has 1 aliphatic heterocycles. The van der Waals surface area contributed by atoms with E-state index in [-0.39, 0.29) is 6.03 Å². The van der Waals surface area contributed by atoms with Crippen molar-refractivity contribution in [2.45, 2.75) is 26.3 Å². The van der Waals surface area contributed by atoms with Crippen molar-refractivity contribution in [1.29, 1.82) is 0 Å². The zero-order chi connectivity index (χ0) is 19.4. The molecule has 1 fully saturated rings. The maximum absolute atomic E-state index is 12.8. The fourth-order valence-electron chi connectivity index (χ4n) is 3.32. The Bertz CT molecular complexity index is 808. The van der Waals surface area contributed by atoms with Gasteiger partial charge in [0.25, 0.3) is 5.82 Å². The largest absolute Gasteiger partial charge is 0.329 e. The number of benzene rings is 1. The number of amides is 2. The summed E-state index contributed by atoms with van der Waals surface area (Å²) in [6.07, 6.45) is 1.93. The third-order valence-electron chi connectivity index (χ3n) is 5.10. The van der Waals surface area contributed by atoms with E-state index >= 15 is 0 Å². The van der Waals surface area contributed by atoms with Crippen LogP contribution >= 0.6 is 0 Å². The second-order valence-electron chi connectivity index (χ2n) is 7.64. The summed E-state index contributed by atoms with van der Waals surface area (Å²) in [6.45, 7) is 13.1. The first-order chi connectivity index (χ1) is 12.9. The fourth-order valence-corrected chi connectivity index (χ4v) is 3.32. The van der Waals surface area contributed by atoms with Gasteiger partial charge < -0.3 is 10.2 Å². The van der Waals surface area contributed by atoms with E-state index in [9.17, 15) is 4.79 Å². The van der Waals surface area contributed by atoms with Gasteiger partial charge in [-0.2, -0.15) is 0 Å². The Hall–Kier alpha value is -2.82. The molecule has 0 atom stereocenters. The van der Waals surface area contributed by atoms with Crippen LogP contribution in [0, 0.1) is 0 Å². The Kier molecular flexibility index (Phi) is 5.49. The monoisotopic (exact) mass is 365 g/mol. The van der Waals surface area contributed by atoms with Crippen LogP contribution in [-0.2, 0) is 5.54 Å². The number of urea groups is 1. The molecule has 0 radical (unpaired) electrons. The highest BCUT2D eigenvalue weighted by Crippen LogP contribution is 2.24. The normalized spacial score (nSPS) is 14.8.